The highest BCUT2D eigenvalue weighted by atomic mass is 16.4. The number of hydrogen-bond donors (Lipinski definition) is 2. The maximum atomic E-state index is 11.9. The summed E-state index contributed by atoms with van der Waals surface area (Å²) in [5.41, 5.74) is -0.566. The van der Waals surface area contributed by atoms with Crippen LogP contribution in [-0.4, -0.2) is 37.8 Å². The van der Waals surface area contributed by atoms with Gasteiger partial charge in [0.05, 0.1) is 0 Å². The fourth-order valence-electron chi connectivity index (χ4n) is 1.45. The van der Waals surface area contributed by atoms with Crippen molar-refractivity contribution >= 4 is 11.9 Å². The highest BCUT2D eigenvalue weighted by molar-refractivity contribution is 5.86. The molecule has 0 fully saturated rings. The summed E-state index contributed by atoms with van der Waals surface area (Å²) >= 11 is 0. The van der Waals surface area contributed by atoms with Gasteiger partial charge in [0.1, 0.15) is 24.7 Å². The number of amides is 1. The lowest BCUT2D eigenvalue weighted by Crippen LogP contribution is -2.50. The molecule has 1 heterocycles. The average molecular weight is 254 g/mol. The second-order valence-electron chi connectivity index (χ2n) is 5.20. The molecule has 0 saturated carbocycles. The van der Waals surface area contributed by atoms with Crippen LogP contribution in [0.15, 0.2) is 12.7 Å². The maximum Gasteiger partial charge on any atom is 0.326 e. The van der Waals surface area contributed by atoms with Gasteiger partial charge in [0.2, 0.25) is 5.91 Å². The van der Waals surface area contributed by atoms with Crippen LogP contribution in [0.25, 0.3) is 0 Å². The van der Waals surface area contributed by atoms with Gasteiger partial charge < -0.3 is 10.4 Å². The SMILES string of the molecule is CC(C(=O)NC(C(=O)O)C(C)(C)C)n1cncn1. The van der Waals surface area contributed by atoms with Crippen molar-refractivity contribution in [2.45, 2.75) is 39.8 Å². The number of rotatable bonds is 4. The lowest BCUT2D eigenvalue weighted by molar-refractivity contribution is -0.145. The molecule has 1 amide bonds. The Morgan fingerprint density at radius 1 is 1.39 bits per heavy atom. The predicted octanol–water partition coefficient (Wildman–Crippen LogP) is 0.455. The first-order valence-corrected chi connectivity index (χ1v) is 5.60. The minimum atomic E-state index is -1.05. The number of hydrogen-bond acceptors (Lipinski definition) is 4. The Morgan fingerprint density at radius 2 is 2.00 bits per heavy atom. The maximum absolute atomic E-state index is 11.9. The Morgan fingerprint density at radius 3 is 2.39 bits per heavy atom. The second-order valence-corrected chi connectivity index (χ2v) is 5.20. The first-order valence-electron chi connectivity index (χ1n) is 5.60. The largest absolute Gasteiger partial charge is 0.480 e. The zero-order valence-corrected chi connectivity index (χ0v) is 10.9. The smallest absolute Gasteiger partial charge is 0.326 e. The highest BCUT2D eigenvalue weighted by Gasteiger charge is 2.33. The first-order chi connectivity index (χ1) is 8.23. The first kappa shape index (κ1) is 14.1. The number of nitrogens with one attached hydrogen (secondary N) is 1. The van der Waals surface area contributed by atoms with Crippen LogP contribution in [0.4, 0.5) is 0 Å². The standard InChI is InChI=1S/C11H18N4O3/c1-7(15-6-12-5-13-15)9(16)14-8(10(17)18)11(2,3)4/h5-8H,1-4H3,(H,14,16)(H,17,18). The molecular weight excluding hydrogens is 236 g/mol. The minimum Gasteiger partial charge on any atom is -0.480 e. The summed E-state index contributed by atoms with van der Waals surface area (Å²) in [5.74, 6) is -1.45. The van der Waals surface area contributed by atoms with Crippen molar-refractivity contribution in [1.29, 1.82) is 0 Å². The zero-order chi connectivity index (χ0) is 13.9. The van der Waals surface area contributed by atoms with Gasteiger partial charge in [-0.25, -0.2) is 14.5 Å². The van der Waals surface area contributed by atoms with Gasteiger partial charge in [-0.2, -0.15) is 5.10 Å². The molecule has 18 heavy (non-hydrogen) atoms. The van der Waals surface area contributed by atoms with Crippen molar-refractivity contribution in [3.05, 3.63) is 12.7 Å². The molecule has 2 N–H and O–H groups in total. The van der Waals surface area contributed by atoms with E-state index in [1.165, 1.54) is 17.3 Å². The summed E-state index contributed by atoms with van der Waals surface area (Å²) in [5, 5.41) is 15.5. The van der Waals surface area contributed by atoms with Crippen molar-refractivity contribution < 1.29 is 14.7 Å². The van der Waals surface area contributed by atoms with Gasteiger partial charge in [-0.1, -0.05) is 20.8 Å². The van der Waals surface area contributed by atoms with E-state index in [1.807, 2.05) is 0 Å². The van der Waals surface area contributed by atoms with Crippen LogP contribution in [-0.2, 0) is 9.59 Å². The van der Waals surface area contributed by atoms with Crippen LogP contribution >= 0.6 is 0 Å². The second kappa shape index (κ2) is 5.16. The van der Waals surface area contributed by atoms with Crippen LogP contribution in [0.2, 0.25) is 0 Å². The number of carboxylic acid groups (broad SMARTS) is 1. The minimum absolute atomic E-state index is 0.400. The number of nitrogens with zero attached hydrogens (tertiary/aromatic N) is 3. The molecule has 2 atom stereocenters. The quantitative estimate of drug-likeness (QED) is 0.813. The highest BCUT2D eigenvalue weighted by Crippen LogP contribution is 2.20. The molecule has 1 aromatic heterocycles. The topological polar surface area (TPSA) is 97.1 Å². The monoisotopic (exact) mass is 254 g/mol. The van der Waals surface area contributed by atoms with Gasteiger partial charge in [-0.3, -0.25) is 4.79 Å². The van der Waals surface area contributed by atoms with Crippen LogP contribution in [0.5, 0.6) is 0 Å². The molecule has 1 rings (SSSR count). The fourth-order valence-corrected chi connectivity index (χ4v) is 1.45. The fraction of sp³-hybridized carbons (Fsp3) is 0.636. The molecule has 100 valence electrons. The van der Waals surface area contributed by atoms with Crippen molar-refractivity contribution in [3.63, 3.8) is 0 Å². The summed E-state index contributed by atoms with van der Waals surface area (Å²) in [6.45, 7) is 6.90. The molecule has 7 heteroatoms. The summed E-state index contributed by atoms with van der Waals surface area (Å²) < 4.78 is 1.37. The van der Waals surface area contributed by atoms with E-state index in [9.17, 15) is 9.59 Å². The van der Waals surface area contributed by atoms with Crippen molar-refractivity contribution in [2.75, 3.05) is 0 Å². The Hall–Kier alpha value is -1.92. The molecule has 0 aliphatic heterocycles. The van der Waals surface area contributed by atoms with Crippen LogP contribution in [0.3, 0.4) is 0 Å². The van der Waals surface area contributed by atoms with Crippen molar-refractivity contribution in [3.8, 4) is 0 Å². The third kappa shape index (κ3) is 3.28. The predicted molar refractivity (Wildman–Crippen MR) is 63.8 cm³/mol. The molecular formula is C11H18N4O3. The van der Waals surface area contributed by atoms with E-state index in [-0.39, 0.29) is 0 Å². The third-order valence-corrected chi connectivity index (χ3v) is 2.61. The average Bonchev–Trinajstić information content (AvgIpc) is 2.75. The molecule has 0 aliphatic carbocycles. The number of aromatic nitrogens is 3. The number of aliphatic carboxylic acids is 1. The van der Waals surface area contributed by atoms with Gasteiger partial charge in [-0.15, -0.1) is 0 Å². The lowest BCUT2D eigenvalue weighted by Gasteiger charge is -2.28. The van der Waals surface area contributed by atoms with Gasteiger partial charge in [0.25, 0.3) is 0 Å². The molecule has 1 aromatic rings. The summed E-state index contributed by atoms with van der Waals surface area (Å²) in [6.07, 6.45) is 2.74. The Labute approximate surface area is 105 Å². The summed E-state index contributed by atoms with van der Waals surface area (Å²) in [4.78, 5) is 26.8. The van der Waals surface area contributed by atoms with Crippen LogP contribution < -0.4 is 5.32 Å². The third-order valence-electron chi connectivity index (χ3n) is 2.61. The lowest BCUT2D eigenvalue weighted by atomic mass is 9.86. The molecule has 0 bridgehead atoms. The van der Waals surface area contributed by atoms with E-state index in [0.29, 0.717) is 0 Å². The van der Waals surface area contributed by atoms with E-state index in [0.717, 1.165) is 0 Å². The van der Waals surface area contributed by atoms with Gasteiger partial charge in [0.15, 0.2) is 0 Å². The van der Waals surface area contributed by atoms with E-state index < -0.39 is 29.4 Å². The summed E-state index contributed by atoms with van der Waals surface area (Å²) in [6, 6.07) is -1.55. The molecule has 0 aromatic carbocycles. The molecule has 0 radical (unpaired) electrons. The molecule has 0 spiro atoms. The Balaban J connectivity index is 2.77. The molecule has 0 saturated heterocycles. The van der Waals surface area contributed by atoms with E-state index >= 15 is 0 Å². The zero-order valence-electron chi connectivity index (χ0n) is 10.9. The van der Waals surface area contributed by atoms with Gasteiger partial charge in [0, 0.05) is 0 Å². The van der Waals surface area contributed by atoms with E-state index in [2.05, 4.69) is 15.4 Å². The van der Waals surface area contributed by atoms with Gasteiger partial charge in [-0.05, 0) is 12.3 Å². The number of carbonyl (C=O) groups is 2. The number of carbonyl (C=O) groups excluding carboxylic acids is 1. The molecule has 7 nitrogen and oxygen atoms in total. The van der Waals surface area contributed by atoms with Gasteiger partial charge >= 0.3 is 5.97 Å². The normalized spacial score (nSPS) is 14.9. The van der Waals surface area contributed by atoms with Crippen molar-refractivity contribution in [1.82, 2.24) is 20.1 Å². The summed E-state index contributed by atoms with van der Waals surface area (Å²) in [7, 11) is 0. The Kier molecular flexibility index (Phi) is 4.05. The molecule has 0 aliphatic rings. The van der Waals surface area contributed by atoms with Crippen molar-refractivity contribution in [2.24, 2.45) is 5.41 Å². The van der Waals surface area contributed by atoms with Crippen LogP contribution in [0.1, 0.15) is 33.7 Å². The van der Waals surface area contributed by atoms with Crippen LogP contribution in [0, 0.1) is 5.41 Å². The number of carboxylic acids is 1. The van der Waals surface area contributed by atoms with E-state index in [4.69, 9.17) is 5.11 Å². The molecule has 2 unspecified atom stereocenters. The Bertz CT molecular complexity index is 422. The van der Waals surface area contributed by atoms with E-state index in [1.54, 1.807) is 27.7 Å².